The van der Waals surface area contributed by atoms with Crippen LogP contribution in [0.4, 0.5) is 10.6 Å². The van der Waals surface area contributed by atoms with E-state index in [1.165, 1.54) is 16.7 Å². The molecular formula is C26H27N5O2S. The highest BCUT2D eigenvalue weighted by atomic mass is 32.1. The SMILES string of the molecule is O=C(NCCC1CCN(c2cccc(-c3cncc4ccccc34)n2)CC1)OCc1cscn1. The smallest absolute Gasteiger partial charge is 0.407 e. The fraction of sp³-hybridized carbons (Fsp3) is 0.308. The number of pyridine rings is 2. The summed E-state index contributed by atoms with van der Waals surface area (Å²) in [5.74, 6) is 1.59. The number of rotatable bonds is 7. The number of nitrogens with one attached hydrogen (secondary N) is 1. The molecule has 1 amide bonds. The van der Waals surface area contributed by atoms with Crippen LogP contribution in [0.3, 0.4) is 0 Å². The average molecular weight is 474 g/mol. The number of amides is 1. The molecule has 1 aromatic carbocycles. The Hall–Kier alpha value is -3.52. The number of carbonyl (C=O) groups is 1. The average Bonchev–Trinajstić information content (AvgIpc) is 3.41. The van der Waals surface area contributed by atoms with Gasteiger partial charge in [0.15, 0.2) is 0 Å². The largest absolute Gasteiger partial charge is 0.443 e. The van der Waals surface area contributed by atoms with E-state index >= 15 is 0 Å². The van der Waals surface area contributed by atoms with Crippen LogP contribution < -0.4 is 10.2 Å². The van der Waals surface area contributed by atoms with Crippen LogP contribution in [0.25, 0.3) is 22.0 Å². The Morgan fingerprint density at radius 3 is 2.85 bits per heavy atom. The number of carbonyl (C=O) groups excluding carboxylic acids is 1. The van der Waals surface area contributed by atoms with Gasteiger partial charge in [-0.2, -0.15) is 0 Å². The van der Waals surface area contributed by atoms with Gasteiger partial charge in [0.25, 0.3) is 0 Å². The van der Waals surface area contributed by atoms with Gasteiger partial charge in [0.2, 0.25) is 0 Å². The molecule has 1 N–H and O–H groups in total. The summed E-state index contributed by atoms with van der Waals surface area (Å²) in [6, 6.07) is 14.5. The fourth-order valence-corrected chi connectivity index (χ4v) is 4.94. The Bertz CT molecular complexity index is 1230. The molecule has 3 aromatic heterocycles. The molecule has 0 spiro atoms. The van der Waals surface area contributed by atoms with E-state index in [1.807, 2.05) is 23.8 Å². The highest BCUT2D eigenvalue weighted by molar-refractivity contribution is 7.07. The number of fused-ring (bicyclic) bond motifs is 1. The molecule has 4 heterocycles. The van der Waals surface area contributed by atoms with E-state index in [2.05, 4.69) is 56.6 Å². The maximum atomic E-state index is 11.9. The molecule has 0 saturated carbocycles. The van der Waals surface area contributed by atoms with Crippen molar-refractivity contribution in [3.05, 3.63) is 71.4 Å². The second kappa shape index (κ2) is 10.6. The molecule has 174 valence electrons. The first-order valence-electron chi connectivity index (χ1n) is 11.6. The number of benzene rings is 1. The lowest BCUT2D eigenvalue weighted by Gasteiger charge is -2.33. The number of alkyl carbamates (subject to hydrolysis) is 1. The van der Waals surface area contributed by atoms with Gasteiger partial charge in [0.05, 0.1) is 16.9 Å². The molecule has 1 aliphatic heterocycles. The van der Waals surface area contributed by atoms with E-state index in [4.69, 9.17) is 9.72 Å². The molecular weight excluding hydrogens is 446 g/mol. The summed E-state index contributed by atoms with van der Waals surface area (Å²) in [7, 11) is 0. The topological polar surface area (TPSA) is 80.2 Å². The highest BCUT2D eigenvalue weighted by Crippen LogP contribution is 2.29. The van der Waals surface area contributed by atoms with Gasteiger partial charge in [-0.3, -0.25) is 4.98 Å². The van der Waals surface area contributed by atoms with Gasteiger partial charge in [-0.1, -0.05) is 30.3 Å². The van der Waals surface area contributed by atoms with Crippen molar-refractivity contribution in [2.75, 3.05) is 24.5 Å². The Kier molecular flexibility index (Phi) is 6.95. The molecule has 0 atom stereocenters. The predicted molar refractivity (Wildman–Crippen MR) is 135 cm³/mol. The normalized spacial score (nSPS) is 14.3. The van der Waals surface area contributed by atoms with Gasteiger partial charge in [0, 0.05) is 48.4 Å². The van der Waals surface area contributed by atoms with E-state index in [9.17, 15) is 4.79 Å². The van der Waals surface area contributed by atoms with Gasteiger partial charge in [-0.15, -0.1) is 11.3 Å². The summed E-state index contributed by atoms with van der Waals surface area (Å²) in [6.45, 7) is 2.77. The zero-order valence-electron chi connectivity index (χ0n) is 18.9. The van der Waals surface area contributed by atoms with Crippen LogP contribution in [-0.4, -0.2) is 40.7 Å². The number of aromatic nitrogens is 3. The minimum atomic E-state index is -0.380. The first-order chi connectivity index (χ1) is 16.8. The summed E-state index contributed by atoms with van der Waals surface area (Å²) < 4.78 is 5.20. The third kappa shape index (κ3) is 5.34. The van der Waals surface area contributed by atoms with E-state index < -0.39 is 0 Å². The molecule has 0 unspecified atom stereocenters. The lowest BCUT2D eigenvalue weighted by atomic mass is 9.93. The summed E-state index contributed by atoms with van der Waals surface area (Å²) in [5, 5.41) is 7.02. The summed E-state index contributed by atoms with van der Waals surface area (Å²) in [5.41, 5.74) is 4.52. The van der Waals surface area contributed by atoms with E-state index in [-0.39, 0.29) is 12.7 Å². The number of hydrogen-bond acceptors (Lipinski definition) is 7. The Balaban J connectivity index is 1.12. The van der Waals surface area contributed by atoms with Crippen molar-refractivity contribution in [1.29, 1.82) is 0 Å². The highest BCUT2D eigenvalue weighted by Gasteiger charge is 2.21. The molecule has 0 bridgehead atoms. The first kappa shape index (κ1) is 22.3. The van der Waals surface area contributed by atoms with Gasteiger partial charge < -0.3 is 15.0 Å². The molecule has 1 aliphatic rings. The van der Waals surface area contributed by atoms with Crippen molar-refractivity contribution in [2.45, 2.75) is 25.9 Å². The summed E-state index contributed by atoms with van der Waals surface area (Å²) in [4.78, 5) is 27.7. The van der Waals surface area contributed by atoms with Crippen LogP contribution in [0, 0.1) is 5.92 Å². The third-order valence-corrected chi connectivity index (χ3v) is 6.91. The standard InChI is InChI=1S/C26H27N5O2S/c32-26(33-16-21-17-34-18-29-21)28-11-8-19-9-12-31(13-10-19)25-7-3-6-24(30-25)23-15-27-14-20-4-1-2-5-22(20)23/h1-7,14-15,17-19H,8-13,16H2,(H,28,32). The van der Waals surface area contributed by atoms with Crippen LogP contribution in [0.15, 0.2) is 65.7 Å². The Labute approximate surface area is 202 Å². The van der Waals surface area contributed by atoms with Crippen LogP contribution in [0.2, 0.25) is 0 Å². The van der Waals surface area contributed by atoms with E-state index in [1.54, 1.807) is 5.51 Å². The van der Waals surface area contributed by atoms with Gasteiger partial charge >= 0.3 is 6.09 Å². The lowest BCUT2D eigenvalue weighted by molar-refractivity contribution is 0.137. The molecule has 8 heteroatoms. The molecule has 34 heavy (non-hydrogen) atoms. The van der Waals surface area contributed by atoms with Crippen molar-refractivity contribution in [3.63, 3.8) is 0 Å². The molecule has 5 rings (SSSR count). The van der Waals surface area contributed by atoms with Crippen molar-refractivity contribution in [1.82, 2.24) is 20.3 Å². The first-order valence-corrected chi connectivity index (χ1v) is 12.5. The molecule has 1 saturated heterocycles. The number of ether oxygens (including phenoxy) is 1. The monoisotopic (exact) mass is 473 g/mol. The van der Waals surface area contributed by atoms with E-state index in [0.717, 1.165) is 60.5 Å². The third-order valence-electron chi connectivity index (χ3n) is 6.27. The second-order valence-electron chi connectivity index (χ2n) is 8.49. The number of hydrogen-bond donors (Lipinski definition) is 1. The van der Waals surface area contributed by atoms with Crippen LogP contribution >= 0.6 is 11.3 Å². The molecule has 4 aromatic rings. The summed E-state index contributed by atoms with van der Waals surface area (Å²) in [6.07, 6.45) is 6.52. The molecule has 0 aliphatic carbocycles. The van der Waals surface area contributed by atoms with Crippen molar-refractivity contribution < 1.29 is 9.53 Å². The lowest BCUT2D eigenvalue weighted by Crippen LogP contribution is -2.35. The van der Waals surface area contributed by atoms with Gasteiger partial charge in [-0.25, -0.2) is 14.8 Å². The fourth-order valence-electron chi connectivity index (χ4n) is 4.40. The van der Waals surface area contributed by atoms with Crippen molar-refractivity contribution in [3.8, 4) is 11.3 Å². The second-order valence-corrected chi connectivity index (χ2v) is 9.21. The zero-order chi connectivity index (χ0) is 23.2. The maximum Gasteiger partial charge on any atom is 0.407 e. The van der Waals surface area contributed by atoms with Crippen molar-refractivity contribution in [2.24, 2.45) is 5.92 Å². The van der Waals surface area contributed by atoms with Crippen LogP contribution in [-0.2, 0) is 11.3 Å². The van der Waals surface area contributed by atoms with Gasteiger partial charge in [0.1, 0.15) is 12.4 Å². The van der Waals surface area contributed by atoms with Gasteiger partial charge in [-0.05, 0) is 42.7 Å². The van der Waals surface area contributed by atoms with Crippen molar-refractivity contribution >= 4 is 34.0 Å². The van der Waals surface area contributed by atoms with Crippen LogP contribution in [0.5, 0.6) is 0 Å². The van der Waals surface area contributed by atoms with Crippen LogP contribution in [0.1, 0.15) is 25.0 Å². The zero-order valence-corrected chi connectivity index (χ0v) is 19.7. The summed E-state index contributed by atoms with van der Waals surface area (Å²) >= 11 is 1.49. The number of anilines is 1. The minimum absolute atomic E-state index is 0.217. The maximum absolute atomic E-state index is 11.9. The molecule has 7 nitrogen and oxygen atoms in total. The molecule has 0 radical (unpaired) electrons. The molecule has 1 fully saturated rings. The Morgan fingerprint density at radius 1 is 1.12 bits per heavy atom. The minimum Gasteiger partial charge on any atom is -0.443 e. The quantitative estimate of drug-likeness (QED) is 0.393. The number of piperidine rings is 1. The number of nitrogens with zero attached hydrogens (tertiary/aromatic N) is 4. The Morgan fingerprint density at radius 2 is 2.00 bits per heavy atom. The van der Waals surface area contributed by atoms with E-state index in [0.29, 0.717) is 12.5 Å². The number of thiazole rings is 1. The predicted octanol–water partition coefficient (Wildman–Crippen LogP) is 5.29.